The van der Waals surface area contributed by atoms with Gasteiger partial charge >= 0.3 is 0 Å². The summed E-state index contributed by atoms with van der Waals surface area (Å²) < 4.78 is 24.1. The smallest absolute Gasteiger partial charge is 0.119 e. The Morgan fingerprint density at radius 1 is 0.239 bits per heavy atom. The maximum absolute atomic E-state index is 6.04. The van der Waals surface area contributed by atoms with Gasteiger partial charge in [-0.05, 0) is 255 Å². The van der Waals surface area contributed by atoms with Crippen LogP contribution < -0.4 is 18.9 Å². The maximum Gasteiger partial charge on any atom is 0.119 e. The Labute approximate surface area is 525 Å². The lowest BCUT2D eigenvalue weighted by molar-refractivity contribution is 0.309. The van der Waals surface area contributed by atoms with E-state index in [0.29, 0.717) is 26.4 Å². The summed E-state index contributed by atoms with van der Waals surface area (Å²) in [5.74, 6) is 32.4. The van der Waals surface area contributed by atoms with E-state index in [1.807, 2.05) is 97.1 Å². The average Bonchev–Trinajstić information content (AvgIpc) is 1.58. The maximum atomic E-state index is 6.04. The fourth-order valence-corrected chi connectivity index (χ4v) is 10.4. The molecule has 442 valence electrons. The molecule has 0 amide bonds. The highest BCUT2D eigenvalue weighted by atomic mass is 16.5. The lowest BCUT2D eigenvalue weighted by Crippen LogP contribution is -1.99. The lowest BCUT2D eigenvalue weighted by Gasteiger charge is -2.19. The normalized spacial score (nSPS) is 10.6. The number of unbranched alkanes of at least 4 members (excludes halogenated alkanes) is 4. The summed E-state index contributed by atoms with van der Waals surface area (Å²) in [5, 5.41) is 0. The summed E-state index contributed by atoms with van der Waals surface area (Å²) in [6, 6.07) is 59.4. The van der Waals surface area contributed by atoms with Gasteiger partial charge < -0.3 is 18.9 Å². The molecule has 0 heterocycles. The summed E-state index contributed by atoms with van der Waals surface area (Å²) in [6.07, 6.45) is 8.36. The van der Waals surface area contributed by atoms with E-state index in [4.69, 9.17) is 18.9 Å². The van der Waals surface area contributed by atoms with Gasteiger partial charge in [-0.3, -0.25) is 0 Å². The molecule has 0 unspecified atom stereocenters. The molecule has 0 radical (unpaired) electrons. The van der Waals surface area contributed by atoms with Gasteiger partial charge in [-0.25, -0.2) is 0 Å². The SMILES string of the molecule is CCCCOc1ccc(C#Cc2cc(-c3cc(C)c(-c4cc(C#Cc5ccc(OCCCC)cc5)c(-c5cc(C)ccc5C)cc4C#Cc4ccc(OCCCC)cc4)cc3C)c(C#Cc3ccc(OCCCC)cc3)cc2-c2cc(C)ccc2C)cc1. The molecule has 88 heavy (non-hydrogen) atoms. The molecular weight excluding hydrogens is 1070 g/mol. The second-order valence-corrected chi connectivity index (χ2v) is 22.9. The van der Waals surface area contributed by atoms with Crippen molar-refractivity contribution in [2.45, 2.75) is 121 Å². The van der Waals surface area contributed by atoms with Crippen LogP contribution in [0.25, 0.3) is 44.5 Å². The van der Waals surface area contributed by atoms with Gasteiger partial charge in [0.05, 0.1) is 26.4 Å². The molecule has 0 N–H and O–H groups in total. The van der Waals surface area contributed by atoms with Gasteiger partial charge in [0, 0.05) is 44.5 Å². The molecule has 0 aliphatic carbocycles. The van der Waals surface area contributed by atoms with Crippen LogP contribution in [0.1, 0.15) is 157 Å². The van der Waals surface area contributed by atoms with Crippen LogP contribution in [0.2, 0.25) is 0 Å². The molecule has 4 heteroatoms. The van der Waals surface area contributed by atoms with E-state index >= 15 is 0 Å². The Hall–Kier alpha value is -9.58. The highest BCUT2D eigenvalue weighted by Crippen LogP contribution is 2.41. The minimum Gasteiger partial charge on any atom is -0.494 e. The Morgan fingerprint density at radius 3 is 0.716 bits per heavy atom. The number of aryl methyl sites for hydroxylation is 6. The summed E-state index contributed by atoms with van der Waals surface area (Å²) in [5.41, 5.74) is 22.5. The summed E-state index contributed by atoms with van der Waals surface area (Å²) in [4.78, 5) is 0. The van der Waals surface area contributed by atoms with Crippen molar-refractivity contribution in [3.63, 3.8) is 0 Å². The van der Waals surface area contributed by atoms with Crippen LogP contribution in [0.15, 0.2) is 170 Å². The van der Waals surface area contributed by atoms with Gasteiger partial charge in [-0.1, -0.05) is 160 Å². The molecule has 0 saturated heterocycles. The van der Waals surface area contributed by atoms with Gasteiger partial charge in [0.2, 0.25) is 0 Å². The standard InChI is InChI=1S/C84H82O4/c1-11-15-47-85-73-39-27-65(28-40-73)23-35-69-57-83(71(55-81(69)77-51-59(5)19-21-61(77)7)37-25-67-31-43-75(44-32-67)87-49-17-13-3)79-53-64(10)80(54-63(79)9)84-58-70(36-24-66-29-41-74(42-30-66)86-48-16-12-2)82(78-52-60(6)20-22-62(78)8)56-72(84)38-26-68-33-45-76(46-34-68)88-50-18-14-4/h19-22,27-34,39-46,51-58H,11-18,47-50H2,1-10H3. The van der Waals surface area contributed by atoms with E-state index in [1.165, 1.54) is 11.1 Å². The highest BCUT2D eigenvalue weighted by molar-refractivity contribution is 5.89. The minimum atomic E-state index is 0.689. The van der Waals surface area contributed by atoms with Crippen molar-refractivity contribution >= 4 is 0 Å². The first-order valence-corrected chi connectivity index (χ1v) is 31.5. The zero-order valence-corrected chi connectivity index (χ0v) is 53.3. The predicted octanol–water partition coefficient (Wildman–Crippen LogP) is 20.5. The molecule has 9 aromatic rings. The number of rotatable bonds is 20. The fourth-order valence-electron chi connectivity index (χ4n) is 10.4. The van der Waals surface area contributed by atoms with Crippen LogP contribution in [0.5, 0.6) is 23.0 Å². The van der Waals surface area contributed by atoms with E-state index in [2.05, 4.69) is 189 Å². The lowest BCUT2D eigenvalue weighted by atomic mass is 9.84. The number of benzene rings is 9. The molecule has 0 saturated carbocycles. The van der Waals surface area contributed by atoms with Crippen LogP contribution >= 0.6 is 0 Å². The molecule has 0 bridgehead atoms. The third kappa shape index (κ3) is 16.9. The van der Waals surface area contributed by atoms with Gasteiger partial charge in [-0.15, -0.1) is 0 Å². The molecule has 9 rings (SSSR count). The zero-order valence-electron chi connectivity index (χ0n) is 53.3. The van der Waals surface area contributed by atoms with E-state index in [9.17, 15) is 0 Å². The van der Waals surface area contributed by atoms with Crippen molar-refractivity contribution in [1.82, 2.24) is 0 Å². The molecule has 4 nitrogen and oxygen atoms in total. The van der Waals surface area contributed by atoms with Crippen molar-refractivity contribution in [1.29, 1.82) is 0 Å². The van der Waals surface area contributed by atoms with Crippen molar-refractivity contribution in [3.8, 4) is 115 Å². The van der Waals surface area contributed by atoms with Crippen molar-refractivity contribution < 1.29 is 18.9 Å². The zero-order chi connectivity index (χ0) is 61.8. The summed E-state index contributed by atoms with van der Waals surface area (Å²) in [6.45, 7) is 24.5. The number of ether oxygens (including phenoxy) is 4. The highest BCUT2D eigenvalue weighted by Gasteiger charge is 2.20. The van der Waals surface area contributed by atoms with E-state index in [0.717, 1.165) is 186 Å². The molecule has 0 fully saturated rings. The molecule has 0 atom stereocenters. The summed E-state index contributed by atoms with van der Waals surface area (Å²) in [7, 11) is 0. The largest absolute Gasteiger partial charge is 0.494 e. The van der Waals surface area contributed by atoms with Crippen LogP contribution in [0.4, 0.5) is 0 Å². The topological polar surface area (TPSA) is 36.9 Å². The van der Waals surface area contributed by atoms with Gasteiger partial charge in [-0.2, -0.15) is 0 Å². The number of hydrogen-bond acceptors (Lipinski definition) is 4. The molecular formula is C84H82O4. The number of hydrogen-bond donors (Lipinski definition) is 0. The monoisotopic (exact) mass is 1150 g/mol. The Morgan fingerprint density at radius 2 is 0.477 bits per heavy atom. The first kappa shape index (κ1) is 62.9. The Bertz CT molecular complexity index is 3860. The predicted molar refractivity (Wildman–Crippen MR) is 368 cm³/mol. The van der Waals surface area contributed by atoms with Crippen LogP contribution in [0, 0.1) is 88.9 Å². The van der Waals surface area contributed by atoms with Crippen molar-refractivity contribution in [2.75, 3.05) is 26.4 Å². The van der Waals surface area contributed by atoms with Crippen molar-refractivity contribution in [3.05, 3.63) is 248 Å². The second-order valence-electron chi connectivity index (χ2n) is 22.9. The quantitative estimate of drug-likeness (QED) is 0.0563. The van der Waals surface area contributed by atoms with E-state index < -0.39 is 0 Å². The average molecular weight is 1160 g/mol. The fraction of sp³-hybridized carbons (Fsp3) is 0.262. The third-order valence-electron chi connectivity index (χ3n) is 15.7. The second kappa shape index (κ2) is 31.2. The Balaban J connectivity index is 1.24. The van der Waals surface area contributed by atoms with Crippen LogP contribution in [0.3, 0.4) is 0 Å². The van der Waals surface area contributed by atoms with Gasteiger partial charge in [0.1, 0.15) is 23.0 Å². The third-order valence-corrected chi connectivity index (χ3v) is 15.7. The first-order chi connectivity index (χ1) is 42.9. The van der Waals surface area contributed by atoms with Gasteiger partial charge in [0.25, 0.3) is 0 Å². The molecule has 0 aliphatic rings. The van der Waals surface area contributed by atoms with E-state index in [1.54, 1.807) is 0 Å². The van der Waals surface area contributed by atoms with Crippen molar-refractivity contribution in [2.24, 2.45) is 0 Å². The van der Waals surface area contributed by atoms with Crippen LogP contribution in [-0.4, -0.2) is 26.4 Å². The Kier molecular flexibility index (Phi) is 22.3. The molecule has 0 aromatic heterocycles. The minimum absolute atomic E-state index is 0.689. The van der Waals surface area contributed by atoms with Crippen LogP contribution in [-0.2, 0) is 0 Å². The first-order valence-electron chi connectivity index (χ1n) is 31.5. The molecule has 0 aliphatic heterocycles. The molecule has 9 aromatic carbocycles. The summed E-state index contributed by atoms with van der Waals surface area (Å²) >= 11 is 0. The van der Waals surface area contributed by atoms with Gasteiger partial charge in [0.15, 0.2) is 0 Å². The molecule has 0 spiro atoms. The van der Waals surface area contributed by atoms with E-state index in [-0.39, 0.29) is 0 Å².